The van der Waals surface area contributed by atoms with Crippen LogP contribution in [0.4, 0.5) is 4.79 Å². The van der Waals surface area contributed by atoms with Crippen LogP contribution < -0.4 is 9.47 Å². The number of hydrogen-bond acceptors (Lipinski definition) is 6. The van der Waals surface area contributed by atoms with Crippen LogP contribution in [0.15, 0.2) is 72.8 Å². The van der Waals surface area contributed by atoms with Gasteiger partial charge in [-0.2, -0.15) is 9.78 Å². The Morgan fingerprint density at radius 3 is 2.18 bits per heavy atom. The first-order valence-electron chi connectivity index (χ1n) is 14.6. The molecular formula is C35H38BrN3O5. The van der Waals surface area contributed by atoms with Gasteiger partial charge in [0, 0.05) is 22.5 Å². The molecule has 0 saturated carbocycles. The standard InChI is InChI=1S/C35H38BrN3O5/c1-34(2,3)21-31(40)38-28-14-12-25(42-17-16-36)18-24(28)19-30(38)32-27-20-26(43-22-23-10-8-7-9-11-23)13-15-29(27)39(37-32)33(41)44-35(4,5)6/h7-15,18-20H,16-17,21-22H2,1-6H3. The molecule has 0 spiro atoms. The van der Waals surface area contributed by atoms with Crippen molar-refractivity contribution in [2.75, 3.05) is 11.9 Å². The monoisotopic (exact) mass is 659 g/mol. The molecule has 0 radical (unpaired) electrons. The zero-order valence-corrected chi connectivity index (χ0v) is 27.6. The average Bonchev–Trinajstić information content (AvgIpc) is 3.52. The topological polar surface area (TPSA) is 84.6 Å². The van der Waals surface area contributed by atoms with E-state index in [0.29, 0.717) is 58.8 Å². The summed E-state index contributed by atoms with van der Waals surface area (Å²) in [6.45, 7) is 12.4. The molecule has 8 nitrogen and oxygen atoms in total. The number of carbonyl (C=O) groups is 2. The lowest BCUT2D eigenvalue weighted by Gasteiger charge is -2.19. The number of carbonyl (C=O) groups excluding carboxylic acids is 2. The molecule has 0 aliphatic rings. The van der Waals surface area contributed by atoms with Crippen molar-refractivity contribution in [1.29, 1.82) is 0 Å². The fourth-order valence-corrected chi connectivity index (χ4v) is 5.14. The molecule has 0 aliphatic heterocycles. The third kappa shape index (κ3) is 7.16. The maximum Gasteiger partial charge on any atom is 0.435 e. The molecule has 0 amide bonds. The Labute approximate surface area is 266 Å². The predicted octanol–water partition coefficient (Wildman–Crippen LogP) is 8.87. The van der Waals surface area contributed by atoms with Gasteiger partial charge in [-0.05, 0) is 74.2 Å². The van der Waals surface area contributed by atoms with Crippen molar-refractivity contribution in [2.45, 2.75) is 60.2 Å². The molecule has 0 aliphatic carbocycles. The second-order valence-corrected chi connectivity index (χ2v) is 13.7. The van der Waals surface area contributed by atoms with Gasteiger partial charge in [0.15, 0.2) is 0 Å². The summed E-state index contributed by atoms with van der Waals surface area (Å²) in [6, 6.07) is 23.0. The normalized spacial score (nSPS) is 12.1. The molecule has 0 fully saturated rings. The van der Waals surface area contributed by atoms with Gasteiger partial charge in [-0.1, -0.05) is 67.0 Å². The van der Waals surface area contributed by atoms with Gasteiger partial charge >= 0.3 is 6.09 Å². The number of hydrogen-bond donors (Lipinski definition) is 0. The number of alkyl halides is 1. The number of halogens is 1. The van der Waals surface area contributed by atoms with E-state index in [-0.39, 0.29) is 11.3 Å². The van der Waals surface area contributed by atoms with Crippen LogP contribution in [0.1, 0.15) is 58.3 Å². The molecule has 0 unspecified atom stereocenters. The third-order valence-electron chi connectivity index (χ3n) is 6.76. The van der Waals surface area contributed by atoms with Crippen LogP contribution in [0, 0.1) is 5.41 Å². The van der Waals surface area contributed by atoms with Crippen LogP contribution in [0.25, 0.3) is 33.2 Å². The van der Waals surface area contributed by atoms with Gasteiger partial charge in [-0.15, -0.1) is 0 Å². The first-order chi connectivity index (χ1) is 20.8. The van der Waals surface area contributed by atoms with Crippen LogP contribution in [0.2, 0.25) is 0 Å². The molecule has 230 valence electrons. The quantitative estimate of drug-likeness (QED) is 0.155. The van der Waals surface area contributed by atoms with E-state index in [1.54, 1.807) is 10.6 Å². The summed E-state index contributed by atoms with van der Waals surface area (Å²) in [6.07, 6.45) is -0.303. The number of rotatable bonds is 8. The zero-order valence-electron chi connectivity index (χ0n) is 26.0. The smallest absolute Gasteiger partial charge is 0.435 e. The van der Waals surface area contributed by atoms with Gasteiger partial charge < -0.3 is 14.2 Å². The molecular weight excluding hydrogens is 622 g/mol. The minimum Gasteiger partial charge on any atom is -0.493 e. The number of fused-ring (bicyclic) bond motifs is 2. The van der Waals surface area contributed by atoms with E-state index < -0.39 is 11.7 Å². The van der Waals surface area contributed by atoms with Crippen molar-refractivity contribution in [1.82, 2.24) is 14.3 Å². The predicted molar refractivity (Wildman–Crippen MR) is 177 cm³/mol. The molecule has 5 rings (SSSR count). The van der Waals surface area contributed by atoms with Gasteiger partial charge in [-0.25, -0.2) is 4.79 Å². The highest BCUT2D eigenvalue weighted by Gasteiger charge is 2.28. The van der Waals surface area contributed by atoms with E-state index in [9.17, 15) is 9.59 Å². The zero-order chi connectivity index (χ0) is 31.6. The Morgan fingerprint density at radius 1 is 0.841 bits per heavy atom. The molecule has 9 heteroatoms. The van der Waals surface area contributed by atoms with Crippen molar-refractivity contribution in [2.24, 2.45) is 5.41 Å². The maximum absolute atomic E-state index is 14.0. The number of benzene rings is 3. The Morgan fingerprint density at radius 2 is 1.52 bits per heavy atom. The van der Waals surface area contributed by atoms with E-state index >= 15 is 0 Å². The summed E-state index contributed by atoms with van der Waals surface area (Å²) < 4.78 is 20.7. The average molecular weight is 661 g/mol. The van der Waals surface area contributed by atoms with Crippen molar-refractivity contribution in [3.05, 3.63) is 78.4 Å². The summed E-state index contributed by atoms with van der Waals surface area (Å²) in [7, 11) is 0. The van der Waals surface area contributed by atoms with Crippen LogP contribution in [0.5, 0.6) is 11.5 Å². The molecule has 2 heterocycles. The van der Waals surface area contributed by atoms with Crippen molar-refractivity contribution in [3.63, 3.8) is 0 Å². The fraction of sp³-hybridized carbons (Fsp3) is 0.343. The number of nitrogens with zero attached hydrogens (tertiary/aromatic N) is 3. The van der Waals surface area contributed by atoms with E-state index in [2.05, 4.69) is 15.9 Å². The minimum absolute atomic E-state index is 0.0759. The first-order valence-corrected chi connectivity index (χ1v) is 15.8. The van der Waals surface area contributed by atoms with E-state index in [1.165, 1.54) is 4.68 Å². The maximum atomic E-state index is 14.0. The molecule has 0 N–H and O–H groups in total. The molecule has 0 atom stereocenters. The van der Waals surface area contributed by atoms with Gasteiger partial charge in [0.25, 0.3) is 0 Å². The second-order valence-electron chi connectivity index (χ2n) is 12.9. The van der Waals surface area contributed by atoms with Crippen LogP contribution in [0.3, 0.4) is 0 Å². The largest absolute Gasteiger partial charge is 0.493 e. The van der Waals surface area contributed by atoms with E-state index in [0.717, 1.165) is 16.5 Å². The van der Waals surface area contributed by atoms with Crippen molar-refractivity contribution >= 4 is 49.7 Å². The van der Waals surface area contributed by atoms with Crippen molar-refractivity contribution in [3.8, 4) is 22.9 Å². The number of aromatic nitrogens is 3. The highest BCUT2D eigenvalue weighted by molar-refractivity contribution is 9.09. The van der Waals surface area contributed by atoms with Gasteiger partial charge in [0.2, 0.25) is 5.91 Å². The van der Waals surface area contributed by atoms with E-state index in [1.807, 2.05) is 108 Å². The molecule has 3 aromatic carbocycles. The fourth-order valence-electron chi connectivity index (χ4n) is 4.98. The lowest BCUT2D eigenvalue weighted by Crippen LogP contribution is -2.27. The van der Waals surface area contributed by atoms with Gasteiger partial charge in [0.05, 0.1) is 23.3 Å². The van der Waals surface area contributed by atoms with Crippen LogP contribution in [-0.4, -0.2) is 43.9 Å². The Bertz CT molecular complexity index is 1810. The Kier molecular flexibility index (Phi) is 8.88. The SMILES string of the molecule is CC(C)(C)CC(=O)n1c(-c2nn(C(=O)OC(C)(C)C)c3ccc(OCc4ccccc4)cc23)cc2cc(OCCBr)ccc21. The molecule has 2 aromatic heterocycles. The van der Waals surface area contributed by atoms with Crippen molar-refractivity contribution < 1.29 is 23.8 Å². The highest BCUT2D eigenvalue weighted by Crippen LogP contribution is 2.37. The van der Waals surface area contributed by atoms with E-state index in [4.69, 9.17) is 19.3 Å². The Hall–Kier alpha value is -4.11. The second kappa shape index (κ2) is 12.5. The lowest BCUT2D eigenvalue weighted by molar-refractivity contribution is 0.0523. The highest BCUT2D eigenvalue weighted by atomic mass is 79.9. The van der Waals surface area contributed by atoms with Crippen LogP contribution in [-0.2, 0) is 11.3 Å². The molecule has 44 heavy (non-hydrogen) atoms. The third-order valence-corrected chi connectivity index (χ3v) is 7.08. The molecule has 0 bridgehead atoms. The summed E-state index contributed by atoms with van der Waals surface area (Å²) in [5.74, 6) is 1.23. The summed E-state index contributed by atoms with van der Waals surface area (Å²) in [5.41, 5.74) is 2.37. The lowest BCUT2D eigenvalue weighted by atomic mass is 9.92. The summed E-state index contributed by atoms with van der Waals surface area (Å²) >= 11 is 3.40. The first kappa shape index (κ1) is 31.3. The Balaban J connectivity index is 1.70. The molecule has 5 aromatic rings. The summed E-state index contributed by atoms with van der Waals surface area (Å²) in [4.78, 5) is 27.3. The molecule has 0 saturated heterocycles. The number of ether oxygens (including phenoxy) is 3. The van der Waals surface area contributed by atoms with Crippen LogP contribution >= 0.6 is 15.9 Å². The van der Waals surface area contributed by atoms with Gasteiger partial charge in [0.1, 0.15) is 29.4 Å². The van der Waals surface area contributed by atoms with Gasteiger partial charge in [-0.3, -0.25) is 9.36 Å². The minimum atomic E-state index is -0.725. The summed E-state index contributed by atoms with van der Waals surface area (Å²) in [5, 5.41) is 6.97.